The predicted octanol–water partition coefficient (Wildman–Crippen LogP) is 5.07. The van der Waals surface area contributed by atoms with Crippen molar-refractivity contribution in [2.24, 2.45) is 0 Å². The van der Waals surface area contributed by atoms with Crippen molar-refractivity contribution in [3.63, 3.8) is 0 Å². The number of fused-ring (bicyclic) bond motifs is 1. The quantitative estimate of drug-likeness (QED) is 0.443. The molecule has 0 bridgehead atoms. The van der Waals surface area contributed by atoms with Gasteiger partial charge in [0.25, 0.3) is 0 Å². The molecule has 0 unspecified atom stereocenters. The van der Waals surface area contributed by atoms with E-state index < -0.39 is 0 Å². The number of likely N-dealkylation sites (tertiary alicyclic amines) is 1. The third-order valence-electron chi connectivity index (χ3n) is 5.18. The normalized spacial score (nSPS) is 16.9. The van der Waals surface area contributed by atoms with E-state index in [-0.39, 0.29) is 29.3 Å². The summed E-state index contributed by atoms with van der Waals surface area (Å²) in [5, 5.41) is 1.12. The zero-order chi connectivity index (χ0) is 20.4. The molecule has 150 valence electrons. The number of aromatic nitrogens is 2. The minimum Gasteiger partial charge on any atom is -0.339 e. The van der Waals surface area contributed by atoms with Gasteiger partial charge in [0.1, 0.15) is 16.7 Å². The average molecular weight is 413 g/mol. The first-order chi connectivity index (χ1) is 14.0. The van der Waals surface area contributed by atoms with Crippen LogP contribution < -0.4 is 0 Å². The van der Waals surface area contributed by atoms with Gasteiger partial charge in [0, 0.05) is 23.5 Å². The number of halogens is 2. The summed E-state index contributed by atoms with van der Waals surface area (Å²) >= 11 is 1.29. The number of carbonyl (C=O) groups excluding carboxylic acids is 1. The lowest BCUT2D eigenvalue weighted by Crippen LogP contribution is -2.42. The average Bonchev–Trinajstić information content (AvgIpc) is 2.72. The van der Waals surface area contributed by atoms with E-state index in [0.717, 1.165) is 25.8 Å². The van der Waals surface area contributed by atoms with Gasteiger partial charge in [0.15, 0.2) is 5.82 Å². The predicted molar refractivity (Wildman–Crippen MR) is 111 cm³/mol. The molecule has 0 saturated carbocycles. The van der Waals surface area contributed by atoms with Gasteiger partial charge in [0.2, 0.25) is 5.91 Å². The first-order valence-electron chi connectivity index (χ1n) is 9.67. The van der Waals surface area contributed by atoms with Crippen molar-refractivity contribution in [1.82, 2.24) is 14.9 Å². The van der Waals surface area contributed by atoms with E-state index in [0.29, 0.717) is 27.3 Å². The molecule has 1 fully saturated rings. The summed E-state index contributed by atoms with van der Waals surface area (Å²) in [6.45, 7) is 2.85. The number of benzene rings is 2. The molecule has 0 radical (unpaired) electrons. The molecule has 1 aliphatic heterocycles. The Bertz CT molecular complexity index is 1040. The summed E-state index contributed by atoms with van der Waals surface area (Å²) in [7, 11) is 0. The number of piperidine rings is 1. The Hall–Kier alpha value is -2.54. The second kappa shape index (κ2) is 8.45. The maximum absolute atomic E-state index is 13.8. The van der Waals surface area contributed by atoms with Crippen molar-refractivity contribution in [1.29, 1.82) is 0 Å². The standard InChI is InChI=1S/C22H21F2N3OS/c1-14-4-2-3-11-27(14)20(28)13-29-22-18-12-17(24)9-10-19(18)25-21(26-22)15-5-7-16(23)8-6-15/h5-10,12,14H,2-4,11,13H2,1H3/t14-/m1/s1. The lowest BCUT2D eigenvalue weighted by Gasteiger charge is -2.33. The monoisotopic (exact) mass is 413 g/mol. The SMILES string of the molecule is C[C@@H]1CCCCN1C(=O)CSc1nc(-c2ccc(F)cc2)nc2ccc(F)cc12. The molecule has 1 aromatic heterocycles. The number of carbonyl (C=O) groups is 1. The Balaban J connectivity index is 1.65. The summed E-state index contributed by atoms with van der Waals surface area (Å²) in [6.07, 6.45) is 3.19. The Kier molecular flexibility index (Phi) is 5.76. The Labute approximate surface area is 172 Å². The van der Waals surface area contributed by atoms with Gasteiger partial charge in [0.05, 0.1) is 11.3 Å². The van der Waals surface area contributed by atoms with Crippen molar-refractivity contribution in [3.05, 3.63) is 54.1 Å². The Morgan fingerprint density at radius 1 is 1.10 bits per heavy atom. The maximum Gasteiger partial charge on any atom is 0.233 e. The van der Waals surface area contributed by atoms with Crippen LogP contribution in [0.15, 0.2) is 47.5 Å². The van der Waals surface area contributed by atoms with E-state index in [1.165, 1.54) is 36.0 Å². The molecule has 1 amide bonds. The molecule has 1 saturated heterocycles. The van der Waals surface area contributed by atoms with Crippen LogP contribution in [0.3, 0.4) is 0 Å². The first-order valence-corrected chi connectivity index (χ1v) is 10.7. The smallest absolute Gasteiger partial charge is 0.233 e. The van der Waals surface area contributed by atoms with Gasteiger partial charge in [-0.15, -0.1) is 0 Å². The molecule has 7 heteroatoms. The molecule has 4 nitrogen and oxygen atoms in total. The fourth-order valence-corrected chi connectivity index (χ4v) is 4.49. The molecule has 3 aromatic rings. The summed E-state index contributed by atoms with van der Waals surface area (Å²) in [5.74, 6) is -0.00413. The molecular weight excluding hydrogens is 392 g/mol. The van der Waals surface area contributed by atoms with E-state index in [9.17, 15) is 13.6 Å². The highest BCUT2D eigenvalue weighted by Gasteiger charge is 2.23. The van der Waals surface area contributed by atoms with Gasteiger partial charge in [-0.25, -0.2) is 18.7 Å². The lowest BCUT2D eigenvalue weighted by atomic mass is 10.0. The topological polar surface area (TPSA) is 46.1 Å². The fourth-order valence-electron chi connectivity index (χ4n) is 3.59. The van der Waals surface area contributed by atoms with Crippen LogP contribution in [-0.4, -0.2) is 39.1 Å². The largest absolute Gasteiger partial charge is 0.339 e. The molecule has 1 atom stereocenters. The molecular formula is C22H21F2N3OS. The van der Waals surface area contributed by atoms with E-state index in [1.807, 2.05) is 4.90 Å². The minimum atomic E-state index is -0.381. The second-order valence-electron chi connectivity index (χ2n) is 7.24. The molecule has 2 heterocycles. The summed E-state index contributed by atoms with van der Waals surface area (Å²) in [5.41, 5.74) is 1.25. The number of thioether (sulfide) groups is 1. The highest BCUT2D eigenvalue weighted by atomic mass is 32.2. The summed E-state index contributed by atoms with van der Waals surface area (Å²) in [4.78, 5) is 23.7. The van der Waals surface area contributed by atoms with Crippen LogP contribution in [0, 0.1) is 11.6 Å². The van der Waals surface area contributed by atoms with Crippen molar-refractivity contribution in [2.45, 2.75) is 37.3 Å². The second-order valence-corrected chi connectivity index (χ2v) is 8.21. The molecule has 0 N–H and O–H groups in total. The minimum absolute atomic E-state index is 0.0636. The van der Waals surface area contributed by atoms with Crippen LogP contribution in [0.25, 0.3) is 22.3 Å². The maximum atomic E-state index is 13.8. The number of hydrogen-bond donors (Lipinski definition) is 0. The highest BCUT2D eigenvalue weighted by molar-refractivity contribution is 8.00. The van der Waals surface area contributed by atoms with Gasteiger partial charge in [-0.2, -0.15) is 0 Å². The van der Waals surface area contributed by atoms with Crippen LogP contribution >= 0.6 is 11.8 Å². The lowest BCUT2D eigenvalue weighted by molar-refractivity contribution is -0.131. The summed E-state index contributed by atoms with van der Waals surface area (Å²) < 4.78 is 27.1. The van der Waals surface area contributed by atoms with Crippen LogP contribution in [0.2, 0.25) is 0 Å². The number of rotatable bonds is 4. The number of amides is 1. The van der Waals surface area contributed by atoms with Gasteiger partial charge in [-0.3, -0.25) is 4.79 Å². The molecule has 4 rings (SSSR count). The van der Waals surface area contributed by atoms with Crippen molar-refractivity contribution in [3.8, 4) is 11.4 Å². The number of hydrogen-bond acceptors (Lipinski definition) is 4. The van der Waals surface area contributed by atoms with Gasteiger partial charge in [-0.05, 0) is 68.7 Å². The van der Waals surface area contributed by atoms with E-state index >= 15 is 0 Å². The molecule has 0 aliphatic carbocycles. The third-order valence-corrected chi connectivity index (χ3v) is 6.16. The molecule has 2 aromatic carbocycles. The molecule has 1 aliphatic rings. The summed E-state index contributed by atoms with van der Waals surface area (Å²) in [6, 6.07) is 10.5. The molecule has 29 heavy (non-hydrogen) atoms. The van der Waals surface area contributed by atoms with Gasteiger partial charge < -0.3 is 4.90 Å². The van der Waals surface area contributed by atoms with Gasteiger partial charge >= 0.3 is 0 Å². The Morgan fingerprint density at radius 3 is 2.62 bits per heavy atom. The van der Waals surface area contributed by atoms with Crippen LogP contribution in [0.1, 0.15) is 26.2 Å². The highest BCUT2D eigenvalue weighted by Crippen LogP contribution is 2.30. The zero-order valence-electron chi connectivity index (χ0n) is 16.1. The van der Waals surface area contributed by atoms with Crippen LogP contribution in [0.5, 0.6) is 0 Å². The van der Waals surface area contributed by atoms with Crippen molar-refractivity contribution in [2.75, 3.05) is 12.3 Å². The van der Waals surface area contributed by atoms with Crippen molar-refractivity contribution < 1.29 is 13.6 Å². The van der Waals surface area contributed by atoms with E-state index in [4.69, 9.17) is 0 Å². The third kappa shape index (κ3) is 4.40. The number of nitrogens with zero attached hydrogens (tertiary/aromatic N) is 3. The first kappa shape index (κ1) is 19.8. The fraction of sp³-hybridized carbons (Fsp3) is 0.318. The van der Waals surface area contributed by atoms with Gasteiger partial charge in [-0.1, -0.05) is 11.8 Å². The van der Waals surface area contributed by atoms with E-state index in [1.54, 1.807) is 18.2 Å². The van der Waals surface area contributed by atoms with E-state index in [2.05, 4.69) is 16.9 Å². The van der Waals surface area contributed by atoms with Crippen LogP contribution in [0.4, 0.5) is 8.78 Å². The Morgan fingerprint density at radius 2 is 1.86 bits per heavy atom. The van der Waals surface area contributed by atoms with Crippen LogP contribution in [-0.2, 0) is 4.79 Å². The van der Waals surface area contributed by atoms with Crippen molar-refractivity contribution >= 4 is 28.6 Å². The zero-order valence-corrected chi connectivity index (χ0v) is 16.9. The molecule has 0 spiro atoms.